The minimum absolute atomic E-state index is 0.0744. The average Bonchev–Trinajstić information content (AvgIpc) is 3.07. The predicted octanol–water partition coefficient (Wildman–Crippen LogP) is 4.98. The molecule has 0 bridgehead atoms. The van der Waals surface area contributed by atoms with Crippen LogP contribution in [0.15, 0.2) is 77.3 Å². The molecule has 0 fully saturated rings. The standard InChI is InChI=1S/C24H20BrNO4/c25-21-12-6-1-7-15(21)13-22(23(27)28)26-24(29)30-14-20-18-10-4-2-8-16(18)17-9-3-5-11-19(17)20/h1-12,20,22H,13-14H2,(H,26,29)(H,27,28). The third kappa shape index (κ3) is 4.09. The lowest BCUT2D eigenvalue weighted by Crippen LogP contribution is -2.43. The van der Waals surface area contributed by atoms with Crippen LogP contribution in [-0.2, 0) is 16.0 Å². The van der Waals surface area contributed by atoms with Crippen molar-refractivity contribution in [1.29, 1.82) is 0 Å². The maximum Gasteiger partial charge on any atom is 0.407 e. The van der Waals surface area contributed by atoms with Crippen molar-refractivity contribution in [3.63, 3.8) is 0 Å². The van der Waals surface area contributed by atoms with Gasteiger partial charge in [0.2, 0.25) is 0 Å². The van der Waals surface area contributed by atoms with Crippen molar-refractivity contribution < 1.29 is 19.4 Å². The zero-order valence-corrected chi connectivity index (χ0v) is 17.6. The molecule has 30 heavy (non-hydrogen) atoms. The van der Waals surface area contributed by atoms with Gasteiger partial charge < -0.3 is 15.2 Å². The Morgan fingerprint density at radius 2 is 1.50 bits per heavy atom. The van der Waals surface area contributed by atoms with Crippen LogP contribution in [0, 0.1) is 0 Å². The van der Waals surface area contributed by atoms with Crippen LogP contribution in [0.2, 0.25) is 0 Å². The van der Waals surface area contributed by atoms with Gasteiger partial charge in [0, 0.05) is 16.8 Å². The third-order valence-corrected chi connectivity index (χ3v) is 6.09. The topological polar surface area (TPSA) is 75.6 Å². The van der Waals surface area contributed by atoms with E-state index in [1.54, 1.807) is 0 Å². The van der Waals surface area contributed by atoms with Crippen LogP contribution in [0.25, 0.3) is 11.1 Å². The molecular weight excluding hydrogens is 446 g/mol. The highest BCUT2D eigenvalue weighted by Crippen LogP contribution is 2.44. The van der Waals surface area contributed by atoms with E-state index in [9.17, 15) is 14.7 Å². The second-order valence-electron chi connectivity index (χ2n) is 7.16. The summed E-state index contributed by atoms with van der Waals surface area (Å²) in [4.78, 5) is 24.1. The summed E-state index contributed by atoms with van der Waals surface area (Å²) in [6.07, 6.45) is -0.586. The van der Waals surface area contributed by atoms with Crippen LogP contribution in [0.4, 0.5) is 4.79 Å². The largest absolute Gasteiger partial charge is 0.480 e. The Morgan fingerprint density at radius 1 is 0.933 bits per heavy atom. The molecule has 3 aromatic rings. The zero-order valence-electron chi connectivity index (χ0n) is 16.0. The number of carbonyl (C=O) groups is 2. The van der Waals surface area contributed by atoms with Crippen LogP contribution in [0.5, 0.6) is 0 Å². The molecule has 5 nitrogen and oxygen atoms in total. The van der Waals surface area contributed by atoms with E-state index < -0.39 is 18.1 Å². The first kappa shape index (κ1) is 20.2. The molecule has 6 heteroatoms. The number of hydrogen-bond donors (Lipinski definition) is 2. The summed E-state index contributed by atoms with van der Waals surface area (Å²) in [6, 6.07) is 22.4. The monoisotopic (exact) mass is 465 g/mol. The number of carboxylic acids is 1. The average molecular weight is 466 g/mol. The first-order chi connectivity index (χ1) is 14.5. The molecule has 1 aliphatic carbocycles. The molecule has 152 valence electrons. The second-order valence-corrected chi connectivity index (χ2v) is 8.01. The van der Waals surface area contributed by atoms with Crippen molar-refractivity contribution in [3.05, 3.63) is 94.0 Å². The Labute approximate surface area is 182 Å². The second kappa shape index (κ2) is 8.71. The molecule has 0 radical (unpaired) electrons. The molecular formula is C24H20BrNO4. The molecule has 4 rings (SSSR count). The Kier molecular flexibility index (Phi) is 5.86. The number of halogens is 1. The summed E-state index contributed by atoms with van der Waals surface area (Å²) < 4.78 is 6.26. The highest BCUT2D eigenvalue weighted by Gasteiger charge is 2.29. The first-order valence-corrected chi connectivity index (χ1v) is 10.4. The van der Waals surface area contributed by atoms with Gasteiger partial charge in [-0.05, 0) is 33.9 Å². The van der Waals surface area contributed by atoms with E-state index in [2.05, 4.69) is 33.4 Å². The van der Waals surface area contributed by atoms with E-state index in [4.69, 9.17) is 4.74 Å². The van der Waals surface area contributed by atoms with E-state index in [1.165, 1.54) is 0 Å². The molecule has 0 aliphatic heterocycles. The van der Waals surface area contributed by atoms with E-state index in [-0.39, 0.29) is 18.9 Å². The van der Waals surface area contributed by atoms with Crippen molar-refractivity contribution >= 4 is 28.0 Å². The maximum atomic E-state index is 12.4. The molecule has 0 heterocycles. The van der Waals surface area contributed by atoms with E-state index in [0.29, 0.717) is 0 Å². The number of carbonyl (C=O) groups excluding carboxylic acids is 1. The van der Waals surface area contributed by atoms with Crippen LogP contribution in [-0.4, -0.2) is 29.8 Å². The van der Waals surface area contributed by atoms with Gasteiger partial charge in [-0.3, -0.25) is 0 Å². The minimum atomic E-state index is -1.11. The van der Waals surface area contributed by atoms with Gasteiger partial charge in [-0.1, -0.05) is 82.7 Å². The van der Waals surface area contributed by atoms with Gasteiger partial charge in [0.1, 0.15) is 12.6 Å². The summed E-state index contributed by atoms with van der Waals surface area (Å²) >= 11 is 3.41. The lowest BCUT2D eigenvalue weighted by Gasteiger charge is -2.18. The van der Waals surface area contributed by atoms with Gasteiger partial charge >= 0.3 is 12.1 Å². The summed E-state index contributed by atoms with van der Waals surface area (Å²) in [5.41, 5.74) is 5.28. The number of alkyl carbamates (subject to hydrolysis) is 1. The Bertz CT molecular complexity index is 1050. The van der Waals surface area contributed by atoms with Gasteiger partial charge in [-0.15, -0.1) is 0 Å². The smallest absolute Gasteiger partial charge is 0.407 e. The number of amides is 1. The fourth-order valence-electron chi connectivity index (χ4n) is 3.87. The molecule has 2 N–H and O–H groups in total. The molecule has 0 saturated carbocycles. The Morgan fingerprint density at radius 3 is 2.10 bits per heavy atom. The van der Waals surface area contributed by atoms with E-state index >= 15 is 0 Å². The maximum absolute atomic E-state index is 12.4. The number of rotatable bonds is 6. The van der Waals surface area contributed by atoms with Crippen LogP contribution in [0.1, 0.15) is 22.6 Å². The van der Waals surface area contributed by atoms with Crippen molar-refractivity contribution in [1.82, 2.24) is 5.32 Å². The summed E-state index contributed by atoms with van der Waals surface area (Å²) in [5, 5.41) is 12.0. The number of aliphatic carboxylic acids is 1. The number of fused-ring (bicyclic) bond motifs is 3. The lowest BCUT2D eigenvalue weighted by molar-refractivity contribution is -0.139. The van der Waals surface area contributed by atoms with Crippen LogP contribution < -0.4 is 5.32 Å². The predicted molar refractivity (Wildman–Crippen MR) is 117 cm³/mol. The quantitative estimate of drug-likeness (QED) is 0.537. The van der Waals surface area contributed by atoms with Gasteiger partial charge in [0.25, 0.3) is 0 Å². The van der Waals surface area contributed by atoms with Crippen LogP contribution in [0.3, 0.4) is 0 Å². The molecule has 1 amide bonds. The number of nitrogens with one attached hydrogen (secondary N) is 1. The Hall–Kier alpha value is -3.12. The van der Waals surface area contributed by atoms with Gasteiger partial charge in [0.15, 0.2) is 0 Å². The first-order valence-electron chi connectivity index (χ1n) is 9.62. The van der Waals surface area contributed by atoms with Crippen molar-refractivity contribution in [2.24, 2.45) is 0 Å². The molecule has 1 unspecified atom stereocenters. The fourth-order valence-corrected chi connectivity index (χ4v) is 4.31. The lowest BCUT2D eigenvalue weighted by atomic mass is 9.98. The van der Waals surface area contributed by atoms with Gasteiger partial charge in [-0.2, -0.15) is 0 Å². The van der Waals surface area contributed by atoms with Crippen molar-refractivity contribution in [2.45, 2.75) is 18.4 Å². The SMILES string of the molecule is O=C(NC(Cc1ccccc1Br)C(=O)O)OCC1c2ccccc2-c2ccccc21. The molecule has 0 saturated heterocycles. The van der Waals surface area contributed by atoms with Crippen molar-refractivity contribution in [3.8, 4) is 11.1 Å². The highest BCUT2D eigenvalue weighted by atomic mass is 79.9. The third-order valence-electron chi connectivity index (χ3n) is 5.32. The highest BCUT2D eigenvalue weighted by molar-refractivity contribution is 9.10. The normalized spacial score (nSPS) is 13.2. The molecule has 0 spiro atoms. The summed E-state index contributed by atoms with van der Waals surface area (Å²) in [5.74, 6) is -1.19. The molecule has 3 aromatic carbocycles. The number of carboxylic acid groups (broad SMARTS) is 1. The molecule has 1 atom stereocenters. The fraction of sp³-hybridized carbons (Fsp3) is 0.167. The summed E-state index contributed by atoms with van der Waals surface area (Å²) in [6.45, 7) is 0.140. The number of benzene rings is 3. The van der Waals surface area contributed by atoms with Gasteiger partial charge in [0.05, 0.1) is 0 Å². The number of hydrogen-bond acceptors (Lipinski definition) is 3. The Balaban J connectivity index is 1.44. The van der Waals surface area contributed by atoms with Gasteiger partial charge in [-0.25, -0.2) is 9.59 Å². The van der Waals surface area contributed by atoms with Crippen LogP contribution >= 0.6 is 15.9 Å². The number of ether oxygens (including phenoxy) is 1. The molecule has 0 aromatic heterocycles. The zero-order chi connectivity index (χ0) is 21.1. The van der Waals surface area contributed by atoms with E-state index in [0.717, 1.165) is 32.3 Å². The van der Waals surface area contributed by atoms with E-state index in [1.807, 2.05) is 60.7 Å². The minimum Gasteiger partial charge on any atom is -0.480 e. The molecule has 1 aliphatic rings. The summed E-state index contributed by atoms with van der Waals surface area (Å²) in [7, 11) is 0. The van der Waals surface area contributed by atoms with Crippen molar-refractivity contribution in [2.75, 3.05) is 6.61 Å².